The lowest BCUT2D eigenvalue weighted by Crippen LogP contribution is -2.46. The van der Waals surface area contributed by atoms with Gasteiger partial charge >= 0.3 is 0 Å². The van der Waals surface area contributed by atoms with Crippen LogP contribution in [-0.2, 0) is 6.42 Å². The van der Waals surface area contributed by atoms with Gasteiger partial charge < -0.3 is 19.5 Å². The molecule has 1 unspecified atom stereocenters. The Bertz CT molecular complexity index is 1170. The van der Waals surface area contributed by atoms with E-state index in [9.17, 15) is 0 Å². The van der Waals surface area contributed by atoms with Crippen LogP contribution in [0.5, 0.6) is 5.75 Å². The SMILES string of the molecule is CCCCCN1C(=S)NC(c2cccc(OC)c2)C(c2nc(-c3ccc(CC)cc3)no2)=C1C. The van der Waals surface area contributed by atoms with Gasteiger partial charge in [-0.2, -0.15) is 4.98 Å². The number of allylic oxidation sites excluding steroid dienone is 1. The van der Waals surface area contributed by atoms with Crippen LogP contribution in [0.25, 0.3) is 17.0 Å². The molecule has 0 bridgehead atoms. The van der Waals surface area contributed by atoms with Crippen molar-refractivity contribution in [3.63, 3.8) is 0 Å². The van der Waals surface area contributed by atoms with Gasteiger partial charge in [-0.1, -0.05) is 68.2 Å². The van der Waals surface area contributed by atoms with Crippen molar-refractivity contribution in [2.45, 2.75) is 52.5 Å². The molecule has 0 fully saturated rings. The molecule has 1 aliphatic rings. The Morgan fingerprint density at radius 2 is 1.91 bits per heavy atom. The highest BCUT2D eigenvalue weighted by Gasteiger charge is 2.34. The standard InChI is InChI=1S/C27H32N4O2S/c1-5-7-8-16-31-18(3)23(24(28-27(31)34)21-10-9-11-22(17-21)32-4)26-29-25(30-33-26)20-14-12-19(6-2)13-15-20/h9-15,17,24H,5-8,16H2,1-4H3,(H,28,34). The largest absolute Gasteiger partial charge is 0.497 e. The summed E-state index contributed by atoms with van der Waals surface area (Å²) in [5, 5.41) is 8.54. The summed E-state index contributed by atoms with van der Waals surface area (Å²) < 4.78 is 11.3. The molecule has 6 nitrogen and oxygen atoms in total. The Balaban J connectivity index is 1.76. The van der Waals surface area contributed by atoms with Gasteiger partial charge in [0.1, 0.15) is 5.75 Å². The average Bonchev–Trinajstić information content (AvgIpc) is 3.35. The molecule has 0 radical (unpaired) electrons. The Morgan fingerprint density at radius 3 is 2.62 bits per heavy atom. The highest BCUT2D eigenvalue weighted by molar-refractivity contribution is 7.80. The van der Waals surface area contributed by atoms with Gasteiger partial charge in [0, 0.05) is 17.8 Å². The second-order valence-corrected chi connectivity index (χ2v) is 8.88. The predicted molar refractivity (Wildman–Crippen MR) is 139 cm³/mol. The van der Waals surface area contributed by atoms with E-state index in [0.29, 0.717) is 16.8 Å². The van der Waals surface area contributed by atoms with E-state index in [1.54, 1.807) is 7.11 Å². The molecular weight excluding hydrogens is 444 g/mol. The van der Waals surface area contributed by atoms with Crippen molar-refractivity contribution in [3.8, 4) is 17.1 Å². The zero-order valence-corrected chi connectivity index (χ0v) is 21.1. The Labute approximate surface area is 207 Å². The number of aromatic nitrogens is 2. The van der Waals surface area contributed by atoms with Crippen molar-refractivity contribution in [2.75, 3.05) is 13.7 Å². The highest BCUT2D eigenvalue weighted by Crippen LogP contribution is 2.38. The van der Waals surface area contributed by atoms with E-state index in [1.807, 2.05) is 30.3 Å². The molecule has 0 saturated carbocycles. The molecular formula is C27H32N4O2S. The van der Waals surface area contributed by atoms with Crippen molar-refractivity contribution >= 4 is 22.9 Å². The first-order valence-electron chi connectivity index (χ1n) is 11.9. The lowest BCUT2D eigenvalue weighted by Gasteiger charge is -2.37. The van der Waals surface area contributed by atoms with Crippen molar-refractivity contribution in [1.82, 2.24) is 20.4 Å². The van der Waals surface area contributed by atoms with Crippen LogP contribution in [0.3, 0.4) is 0 Å². The maximum Gasteiger partial charge on any atom is 0.258 e. The normalized spacial score (nSPS) is 16.1. The number of benzene rings is 2. The van der Waals surface area contributed by atoms with Crippen molar-refractivity contribution in [2.24, 2.45) is 0 Å². The number of aryl methyl sites for hydroxylation is 1. The van der Waals surface area contributed by atoms with Crippen LogP contribution in [0.1, 0.15) is 63.1 Å². The van der Waals surface area contributed by atoms with Gasteiger partial charge in [0.05, 0.1) is 18.7 Å². The summed E-state index contributed by atoms with van der Waals surface area (Å²) in [6, 6.07) is 16.1. The van der Waals surface area contributed by atoms with Crippen LogP contribution in [-0.4, -0.2) is 33.8 Å². The minimum atomic E-state index is -0.221. The number of methoxy groups -OCH3 is 1. The van der Waals surface area contributed by atoms with E-state index in [0.717, 1.165) is 60.4 Å². The first-order valence-corrected chi connectivity index (χ1v) is 12.3. The number of nitrogens with one attached hydrogen (secondary N) is 1. The van der Waals surface area contributed by atoms with Gasteiger partial charge in [-0.25, -0.2) is 0 Å². The third-order valence-corrected chi connectivity index (χ3v) is 6.62. The molecule has 178 valence electrons. The summed E-state index contributed by atoms with van der Waals surface area (Å²) in [5.74, 6) is 1.86. The topological polar surface area (TPSA) is 63.4 Å². The number of hydrogen-bond acceptors (Lipinski definition) is 5. The first-order chi connectivity index (χ1) is 16.5. The lowest BCUT2D eigenvalue weighted by molar-refractivity contribution is 0.394. The molecule has 0 aliphatic carbocycles. The van der Waals surface area contributed by atoms with E-state index in [-0.39, 0.29) is 6.04 Å². The van der Waals surface area contributed by atoms with Crippen molar-refractivity contribution in [3.05, 3.63) is 71.2 Å². The minimum Gasteiger partial charge on any atom is -0.497 e. The molecule has 34 heavy (non-hydrogen) atoms. The smallest absolute Gasteiger partial charge is 0.258 e. The highest BCUT2D eigenvalue weighted by atomic mass is 32.1. The first kappa shape index (κ1) is 24.0. The maximum absolute atomic E-state index is 5.84. The molecule has 1 N–H and O–H groups in total. The van der Waals surface area contributed by atoms with Crippen LogP contribution < -0.4 is 10.1 Å². The Kier molecular flexibility index (Phi) is 7.63. The zero-order valence-electron chi connectivity index (χ0n) is 20.3. The second-order valence-electron chi connectivity index (χ2n) is 8.49. The number of rotatable bonds is 9. The van der Waals surface area contributed by atoms with Crippen LogP contribution in [0.15, 0.2) is 58.8 Å². The summed E-state index contributed by atoms with van der Waals surface area (Å²) >= 11 is 5.78. The summed E-state index contributed by atoms with van der Waals surface area (Å²) in [5.41, 5.74) is 5.20. The van der Waals surface area contributed by atoms with Gasteiger partial charge in [-0.15, -0.1) is 0 Å². The fourth-order valence-electron chi connectivity index (χ4n) is 4.26. The number of hydrogen-bond donors (Lipinski definition) is 1. The molecule has 1 atom stereocenters. The van der Waals surface area contributed by atoms with Crippen LogP contribution >= 0.6 is 12.2 Å². The monoisotopic (exact) mass is 476 g/mol. The molecule has 4 rings (SSSR count). The fraction of sp³-hybridized carbons (Fsp3) is 0.370. The number of unbranched alkanes of at least 4 members (excludes halogenated alkanes) is 2. The molecule has 2 heterocycles. The van der Waals surface area contributed by atoms with Crippen LogP contribution in [0.2, 0.25) is 0 Å². The van der Waals surface area contributed by atoms with Crippen molar-refractivity contribution < 1.29 is 9.26 Å². The molecule has 0 saturated heterocycles. The summed E-state index contributed by atoms with van der Waals surface area (Å²) in [4.78, 5) is 6.96. The van der Waals surface area contributed by atoms with Crippen LogP contribution in [0.4, 0.5) is 0 Å². The van der Waals surface area contributed by atoms with E-state index >= 15 is 0 Å². The molecule has 2 aromatic carbocycles. The summed E-state index contributed by atoms with van der Waals surface area (Å²) in [6.45, 7) is 7.27. The molecule has 0 amide bonds. The molecule has 7 heteroatoms. The van der Waals surface area contributed by atoms with E-state index in [2.05, 4.69) is 54.3 Å². The molecule has 0 spiro atoms. The number of thiocarbonyl (C=S) groups is 1. The zero-order chi connectivity index (χ0) is 24.1. The van der Waals surface area contributed by atoms with Gasteiger partial charge in [0.25, 0.3) is 5.89 Å². The van der Waals surface area contributed by atoms with Gasteiger partial charge in [0.15, 0.2) is 5.11 Å². The number of nitrogens with zero attached hydrogens (tertiary/aromatic N) is 3. The Morgan fingerprint density at radius 1 is 1.12 bits per heavy atom. The quantitative estimate of drug-likeness (QED) is 0.293. The van der Waals surface area contributed by atoms with Gasteiger partial charge in [-0.3, -0.25) is 0 Å². The minimum absolute atomic E-state index is 0.221. The molecule has 1 aromatic heterocycles. The van der Waals surface area contributed by atoms with Crippen LogP contribution in [0, 0.1) is 0 Å². The fourth-order valence-corrected chi connectivity index (χ4v) is 4.60. The van der Waals surface area contributed by atoms with E-state index in [1.165, 1.54) is 5.56 Å². The third kappa shape index (κ3) is 4.99. The summed E-state index contributed by atoms with van der Waals surface area (Å²) in [6.07, 6.45) is 4.36. The lowest BCUT2D eigenvalue weighted by atomic mass is 9.94. The number of ether oxygens (including phenoxy) is 1. The maximum atomic E-state index is 5.84. The summed E-state index contributed by atoms with van der Waals surface area (Å²) in [7, 11) is 1.67. The van der Waals surface area contributed by atoms with E-state index in [4.69, 9.17) is 26.5 Å². The van der Waals surface area contributed by atoms with E-state index < -0.39 is 0 Å². The third-order valence-electron chi connectivity index (χ3n) is 6.29. The molecule has 1 aliphatic heterocycles. The Hall–Kier alpha value is -3.19. The predicted octanol–water partition coefficient (Wildman–Crippen LogP) is 6.16. The average molecular weight is 477 g/mol. The molecule has 3 aromatic rings. The van der Waals surface area contributed by atoms with Gasteiger partial charge in [-0.05, 0) is 55.2 Å². The van der Waals surface area contributed by atoms with Crippen molar-refractivity contribution in [1.29, 1.82) is 0 Å². The van der Waals surface area contributed by atoms with Gasteiger partial charge in [0.2, 0.25) is 5.82 Å². The second kappa shape index (κ2) is 10.8.